The molecule has 2 aliphatic carbocycles. The molecule has 5 rings (SSSR count). The van der Waals surface area contributed by atoms with E-state index >= 15 is 0 Å². The fourth-order valence-electron chi connectivity index (χ4n) is 4.43. The molecule has 0 radical (unpaired) electrons. The van der Waals surface area contributed by atoms with Crippen LogP contribution in [0.5, 0.6) is 0 Å². The van der Waals surface area contributed by atoms with Crippen molar-refractivity contribution in [1.82, 2.24) is 10.6 Å². The highest BCUT2D eigenvalue weighted by atomic mass is 35.5. The molecule has 1 aromatic rings. The summed E-state index contributed by atoms with van der Waals surface area (Å²) < 4.78 is 0. The van der Waals surface area contributed by atoms with Gasteiger partial charge >= 0.3 is 0 Å². The number of rotatable bonds is 2. The summed E-state index contributed by atoms with van der Waals surface area (Å²) in [5.74, 6) is 3.52. The third kappa shape index (κ3) is 2.83. The molecule has 2 heterocycles. The molecule has 2 unspecified atom stereocenters. The van der Waals surface area contributed by atoms with Gasteiger partial charge in [-0.15, -0.1) is 0 Å². The van der Waals surface area contributed by atoms with E-state index in [9.17, 15) is 0 Å². The summed E-state index contributed by atoms with van der Waals surface area (Å²) in [7, 11) is 0. The number of fused-ring (bicyclic) bond motifs is 1. The van der Waals surface area contributed by atoms with E-state index in [1.807, 2.05) is 12.1 Å². The van der Waals surface area contributed by atoms with Crippen LogP contribution in [0.1, 0.15) is 31.2 Å². The molecule has 2 N–H and O–H groups in total. The third-order valence-electron chi connectivity index (χ3n) is 6.12. The van der Waals surface area contributed by atoms with Gasteiger partial charge in [-0.1, -0.05) is 54.1 Å². The molecule has 136 valence electrons. The lowest BCUT2D eigenvalue weighted by Gasteiger charge is -2.47. The van der Waals surface area contributed by atoms with E-state index in [4.69, 9.17) is 16.6 Å². The second-order valence-electron chi connectivity index (χ2n) is 7.79. The Morgan fingerprint density at radius 2 is 1.85 bits per heavy atom. The van der Waals surface area contributed by atoms with Gasteiger partial charge < -0.3 is 5.32 Å². The fourth-order valence-corrected chi connectivity index (χ4v) is 5.93. The van der Waals surface area contributed by atoms with Gasteiger partial charge in [-0.05, 0) is 48.8 Å². The number of hydrogen-bond donors (Lipinski definition) is 2. The van der Waals surface area contributed by atoms with Crippen LogP contribution < -0.4 is 10.6 Å². The number of nitrogens with zero attached hydrogens (tertiary/aromatic N) is 1. The van der Waals surface area contributed by atoms with Gasteiger partial charge in [0, 0.05) is 5.02 Å². The molecule has 2 aliphatic heterocycles. The molecule has 0 bridgehead atoms. The summed E-state index contributed by atoms with van der Waals surface area (Å²) in [6.45, 7) is 0. The highest BCUT2D eigenvalue weighted by Gasteiger charge is 2.51. The van der Waals surface area contributed by atoms with Gasteiger partial charge in [-0.2, -0.15) is 11.8 Å². The molecule has 0 aromatic heterocycles. The summed E-state index contributed by atoms with van der Waals surface area (Å²) >= 11 is 8.59. The number of thioether (sulfide) groups is 1. The van der Waals surface area contributed by atoms with Crippen molar-refractivity contribution in [3.63, 3.8) is 0 Å². The average Bonchev–Trinajstić information content (AvgIpc) is 3.44. The van der Waals surface area contributed by atoms with Crippen LogP contribution in [0.4, 0.5) is 0 Å². The molecule has 3 nitrogen and oxygen atoms in total. The number of hydrogen-bond acceptors (Lipinski definition) is 4. The second-order valence-corrected chi connectivity index (χ2v) is 9.42. The quantitative estimate of drug-likeness (QED) is 0.806. The Bertz CT molecular complexity index is 790. The van der Waals surface area contributed by atoms with Crippen molar-refractivity contribution in [1.29, 1.82) is 0 Å². The van der Waals surface area contributed by atoms with E-state index in [-0.39, 0.29) is 17.1 Å². The van der Waals surface area contributed by atoms with Crippen molar-refractivity contribution in [3.05, 3.63) is 59.2 Å². The van der Waals surface area contributed by atoms with Crippen molar-refractivity contribution in [2.24, 2.45) is 4.99 Å². The van der Waals surface area contributed by atoms with E-state index in [0.717, 1.165) is 36.5 Å². The molecular formula is C21H24ClN3S. The SMILES string of the molecule is Clc1ccccc1C1(NC2=NC3C=CC=CC3NC23CCSCC3)CC1. The van der Waals surface area contributed by atoms with Crippen molar-refractivity contribution >= 4 is 29.2 Å². The largest absolute Gasteiger partial charge is 0.363 e. The Morgan fingerprint density at radius 3 is 2.62 bits per heavy atom. The van der Waals surface area contributed by atoms with Gasteiger partial charge in [0.25, 0.3) is 0 Å². The van der Waals surface area contributed by atoms with Crippen LogP contribution in [-0.2, 0) is 5.54 Å². The van der Waals surface area contributed by atoms with Crippen LogP contribution in [0.3, 0.4) is 0 Å². The van der Waals surface area contributed by atoms with Crippen LogP contribution in [0, 0.1) is 0 Å². The second kappa shape index (κ2) is 6.43. The van der Waals surface area contributed by atoms with E-state index < -0.39 is 0 Å². The maximum Gasteiger partial charge on any atom is 0.118 e. The summed E-state index contributed by atoms with van der Waals surface area (Å²) in [5.41, 5.74) is 1.14. The molecule has 1 spiro atoms. The van der Waals surface area contributed by atoms with Crippen LogP contribution in [0.25, 0.3) is 0 Å². The van der Waals surface area contributed by atoms with Crippen molar-refractivity contribution < 1.29 is 0 Å². The molecule has 2 atom stereocenters. The standard InChI is InChI=1S/C21H24ClN3S/c22-16-6-2-1-5-15(16)20(9-10-20)25-19-21(11-13-26-14-12-21)24-18-8-4-3-7-17(18)23-19/h1-8,17-18,24H,9-14H2,(H,23,25). The number of allylic oxidation sites excluding steroid dienone is 2. The Hall–Kier alpha value is -1.23. The zero-order valence-electron chi connectivity index (χ0n) is 14.7. The van der Waals surface area contributed by atoms with Gasteiger partial charge in [-0.25, -0.2) is 0 Å². The molecule has 1 saturated carbocycles. The fraction of sp³-hybridized carbons (Fsp3) is 0.476. The van der Waals surface area contributed by atoms with Gasteiger partial charge in [0.15, 0.2) is 0 Å². The summed E-state index contributed by atoms with van der Waals surface area (Å²) in [6, 6.07) is 8.74. The van der Waals surface area contributed by atoms with Crippen LogP contribution in [0.15, 0.2) is 53.6 Å². The molecule has 2 fully saturated rings. The Kier molecular flexibility index (Phi) is 4.18. The zero-order valence-corrected chi connectivity index (χ0v) is 16.3. The van der Waals surface area contributed by atoms with Gasteiger partial charge in [-0.3, -0.25) is 10.3 Å². The first kappa shape index (κ1) is 16.9. The number of halogens is 1. The highest BCUT2D eigenvalue weighted by Crippen LogP contribution is 2.49. The predicted molar refractivity (Wildman–Crippen MR) is 111 cm³/mol. The number of amidine groups is 1. The maximum atomic E-state index is 6.54. The Morgan fingerprint density at radius 1 is 1.08 bits per heavy atom. The minimum atomic E-state index is -0.0441. The molecule has 26 heavy (non-hydrogen) atoms. The van der Waals surface area contributed by atoms with E-state index in [1.165, 1.54) is 17.1 Å². The monoisotopic (exact) mass is 385 g/mol. The lowest BCUT2D eigenvalue weighted by molar-refractivity contribution is 0.325. The van der Waals surface area contributed by atoms with E-state index in [0.29, 0.717) is 6.04 Å². The minimum Gasteiger partial charge on any atom is -0.363 e. The normalized spacial score (nSPS) is 30.6. The topological polar surface area (TPSA) is 36.4 Å². The predicted octanol–water partition coefficient (Wildman–Crippen LogP) is 4.05. The van der Waals surface area contributed by atoms with Crippen LogP contribution in [-0.4, -0.2) is 35.0 Å². The molecular weight excluding hydrogens is 362 g/mol. The van der Waals surface area contributed by atoms with Crippen molar-refractivity contribution in [2.45, 2.75) is 48.8 Å². The van der Waals surface area contributed by atoms with Crippen LogP contribution >= 0.6 is 23.4 Å². The summed E-state index contributed by atoms with van der Waals surface area (Å²) in [4.78, 5) is 5.21. The van der Waals surface area contributed by atoms with E-state index in [2.05, 4.69) is 58.8 Å². The summed E-state index contributed by atoms with van der Waals surface area (Å²) in [6.07, 6.45) is 13.2. The van der Waals surface area contributed by atoms with Crippen molar-refractivity contribution in [3.8, 4) is 0 Å². The van der Waals surface area contributed by atoms with Crippen molar-refractivity contribution in [2.75, 3.05) is 11.5 Å². The first-order valence-corrected chi connectivity index (χ1v) is 11.1. The molecule has 4 aliphatic rings. The molecule has 5 heteroatoms. The Balaban J connectivity index is 1.51. The lowest BCUT2D eigenvalue weighted by Crippen LogP contribution is -2.67. The Labute approximate surface area is 164 Å². The van der Waals surface area contributed by atoms with Gasteiger partial charge in [0.1, 0.15) is 5.84 Å². The first-order chi connectivity index (χ1) is 12.7. The summed E-state index contributed by atoms with van der Waals surface area (Å²) in [5, 5.41) is 8.71. The molecule has 0 amide bonds. The zero-order chi connectivity index (χ0) is 17.6. The maximum absolute atomic E-state index is 6.54. The van der Waals surface area contributed by atoms with E-state index in [1.54, 1.807) is 0 Å². The first-order valence-electron chi connectivity index (χ1n) is 9.53. The highest BCUT2D eigenvalue weighted by molar-refractivity contribution is 7.99. The van der Waals surface area contributed by atoms with Crippen LogP contribution in [0.2, 0.25) is 5.02 Å². The van der Waals surface area contributed by atoms with Gasteiger partial charge in [0.05, 0.1) is 23.2 Å². The lowest BCUT2D eigenvalue weighted by atomic mass is 9.84. The number of benzene rings is 1. The molecule has 1 aromatic carbocycles. The number of aliphatic imine (C=N–C) groups is 1. The average molecular weight is 386 g/mol. The number of nitrogens with one attached hydrogen (secondary N) is 2. The molecule has 1 saturated heterocycles. The van der Waals surface area contributed by atoms with Gasteiger partial charge in [0.2, 0.25) is 0 Å². The third-order valence-corrected chi connectivity index (χ3v) is 7.44. The smallest absolute Gasteiger partial charge is 0.118 e. The minimum absolute atomic E-state index is 0.0290.